The molecular formula is C18H21N5O2. The Morgan fingerprint density at radius 3 is 2.92 bits per heavy atom. The molecule has 0 aliphatic heterocycles. The van der Waals surface area contributed by atoms with E-state index in [0.717, 1.165) is 11.4 Å². The van der Waals surface area contributed by atoms with Crippen LogP contribution in [0.5, 0.6) is 5.75 Å². The van der Waals surface area contributed by atoms with Gasteiger partial charge in [-0.15, -0.1) is 0 Å². The van der Waals surface area contributed by atoms with E-state index in [1.165, 1.54) is 0 Å². The molecule has 25 heavy (non-hydrogen) atoms. The number of hydrogen-bond donors (Lipinski definition) is 1. The minimum atomic E-state index is -0.0565. The Hall–Kier alpha value is -3.09. The van der Waals surface area contributed by atoms with Gasteiger partial charge in [0.05, 0.1) is 24.5 Å². The van der Waals surface area contributed by atoms with Crippen LogP contribution in [0, 0.1) is 0 Å². The number of fused-ring (bicyclic) bond motifs is 1. The first-order valence-electron chi connectivity index (χ1n) is 8.09. The molecule has 0 saturated heterocycles. The highest BCUT2D eigenvalue weighted by Crippen LogP contribution is 2.27. The second-order valence-electron chi connectivity index (χ2n) is 5.76. The van der Waals surface area contributed by atoms with Gasteiger partial charge in [0.15, 0.2) is 0 Å². The number of ether oxygens (including phenoxy) is 1. The predicted molar refractivity (Wildman–Crippen MR) is 95.9 cm³/mol. The summed E-state index contributed by atoms with van der Waals surface area (Å²) >= 11 is 0. The Bertz CT molecular complexity index is 855. The number of imidazole rings is 1. The van der Waals surface area contributed by atoms with Crippen molar-refractivity contribution < 1.29 is 9.53 Å². The van der Waals surface area contributed by atoms with Gasteiger partial charge in [-0.2, -0.15) is 0 Å². The molecule has 0 radical (unpaired) electrons. The Morgan fingerprint density at radius 2 is 2.20 bits per heavy atom. The maximum Gasteiger partial charge on any atom is 0.253 e. The summed E-state index contributed by atoms with van der Waals surface area (Å²) in [7, 11) is 3.46. The molecule has 0 fully saturated rings. The molecule has 2 aromatic heterocycles. The lowest BCUT2D eigenvalue weighted by atomic mass is 10.1. The topological polar surface area (TPSA) is 71.8 Å². The number of anilines is 1. The van der Waals surface area contributed by atoms with Gasteiger partial charge < -0.3 is 15.0 Å². The normalized spacial score (nSPS) is 10.7. The van der Waals surface area contributed by atoms with Crippen LogP contribution in [-0.2, 0) is 6.54 Å². The molecule has 7 nitrogen and oxygen atoms in total. The molecule has 0 spiro atoms. The van der Waals surface area contributed by atoms with Crippen LogP contribution in [0.3, 0.4) is 0 Å². The average molecular weight is 339 g/mol. The van der Waals surface area contributed by atoms with Crippen molar-refractivity contribution in [2.75, 3.05) is 26.0 Å². The molecule has 0 atom stereocenters. The molecule has 3 rings (SSSR count). The van der Waals surface area contributed by atoms with Crippen LogP contribution in [-0.4, -0.2) is 45.9 Å². The molecule has 1 aromatic carbocycles. The zero-order chi connectivity index (χ0) is 17.8. The molecule has 130 valence electrons. The SMILES string of the molecule is CCOc1cc(C(=O)N(C)C)ccc1NCc1cn2cccnc2n1. The lowest BCUT2D eigenvalue weighted by Gasteiger charge is -2.15. The molecule has 0 saturated carbocycles. The van der Waals surface area contributed by atoms with Gasteiger partial charge in [0.25, 0.3) is 5.91 Å². The van der Waals surface area contributed by atoms with Gasteiger partial charge in [0, 0.05) is 38.2 Å². The number of carbonyl (C=O) groups is 1. The summed E-state index contributed by atoms with van der Waals surface area (Å²) in [5, 5.41) is 3.32. The fourth-order valence-electron chi connectivity index (χ4n) is 2.48. The third-order valence-corrected chi connectivity index (χ3v) is 3.68. The van der Waals surface area contributed by atoms with E-state index < -0.39 is 0 Å². The summed E-state index contributed by atoms with van der Waals surface area (Å²) < 4.78 is 7.56. The summed E-state index contributed by atoms with van der Waals surface area (Å²) in [4.78, 5) is 22.3. The van der Waals surface area contributed by atoms with Gasteiger partial charge >= 0.3 is 0 Å². The molecule has 1 amide bonds. The van der Waals surface area contributed by atoms with E-state index in [1.807, 2.05) is 35.9 Å². The molecule has 1 N–H and O–H groups in total. The summed E-state index contributed by atoms with van der Waals surface area (Å²) in [5.41, 5.74) is 2.28. The summed E-state index contributed by atoms with van der Waals surface area (Å²) in [5.74, 6) is 1.26. The fraction of sp³-hybridized carbons (Fsp3) is 0.278. The van der Waals surface area contributed by atoms with Gasteiger partial charge in [-0.3, -0.25) is 9.20 Å². The summed E-state index contributed by atoms with van der Waals surface area (Å²) in [6.07, 6.45) is 5.55. The van der Waals surface area contributed by atoms with Crippen molar-refractivity contribution >= 4 is 17.4 Å². The van der Waals surface area contributed by atoms with Crippen molar-refractivity contribution in [2.24, 2.45) is 0 Å². The van der Waals surface area contributed by atoms with Gasteiger partial charge in [0.1, 0.15) is 5.75 Å². The van der Waals surface area contributed by atoms with Crippen LogP contribution in [0.2, 0.25) is 0 Å². The standard InChI is InChI=1S/C18H21N5O2/c1-4-25-16-10-13(17(24)22(2)3)6-7-15(16)20-11-14-12-23-9-5-8-19-18(23)21-14/h5-10,12,20H,4,11H2,1-3H3. The number of aromatic nitrogens is 3. The number of nitrogens with zero attached hydrogens (tertiary/aromatic N) is 4. The number of benzene rings is 1. The molecule has 7 heteroatoms. The first-order chi connectivity index (χ1) is 12.1. The number of carbonyl (C=O) groups excluding carboxylic acids is 1. The highest BCUT2D eigenvalue weighted by Gasteiger charge is 2.12. The van der Waals surface area contributed by atoms with Crippen LogP contribution in [0.1, 0.15) is 23.0 Å². The van der Waals surface area contributed by atoms with Gasteiger partial charge in [-0.05, 0) is 31.2 Å². The van der Waals surface area contributed by atoms with Crippen molar-refractivity contribution in [1.82, 2.24) is 19.3 Å². The Labute approximate surface area is 146 Å². The largest absolute Gasteiger partial charge is 0.492 e. The second kappa shape index (κ2) is 7.21. The van der Waals surface area contributed by atoms with Crippen molar-refractivity contribution in [3.05, 3.63) is 54.1 Å². The highest BCUT2D eigenvalue weighted by molar-refractivity contribution is 5.95. The van der Waals surface area contributed by atoms with Crippen molar-refractivity contribution in [2.45, 2.75) is 13.5 Å². The molecule has 2 heterocycles. The molecule has 0 aliphatic carbocycles. The molecule has 3 aromatic rings. The molecule has 0 unspecified atom stereocenters. The summed E-state index contributed by atoms with van der Waals surface area (Å²) in [6, 6.07) is 7.27. The minimum absolute atomic E-state index is 0.0565. The lowest BCUT2D eigenvalue weighted by Crippen LogP contribution is -2.21. The maximum atomic E-state index is 12.1. The third kappa shape index (κ3) is 3.71. The van der Waals surface area contributed by atoms with Crippen molar-refractivity contribution in [3.8, 4) is 5.75 Å². The first-order valence-corrected chi connectivity index (χ1v) is 8.09. The van der Waals surface area contributed by atoms with Crippen LogP contribution in [0.15, 0.2) is 42.9 Å². The van der Waals surface area contributed by atoms with E-state index in [9.17, 15) is 4.79 Å². The average Bonchev–Trinajstić information content (AvgIpc) is 3.03. The monoisotopic (exact) mass is 339 g/mol. The molecule has 0 aliphatic rings. The van der Waals surface area contributed by atoms with E-state index >= 15 is 0 Å². The Morgan fingerprint density at radius 1 is 1.36 bits per heavy atom. The zero-order valence-corrected chi connectivity index (χ0v) is 14.6. The Kier molecular flexibility index (Phi) is 4.83. The van der Waals surface area contributed by atoms with Gasteiger partial charge in [0.2, 0.25) is 5.78 Å². The minimum Gasteiger partial charge on any atom is -0.492 e. The third-order valence-electron chi connectivity index (χ3n) is 3.68. The fourth-order valence-corrected chi connectivity index (χ4v) is 2.48. The zero-order valence-electron chi connectivity index (χ0n) is 14.6. The quantitative estimate of drug-likeness (QED) is 0.747. The molecule has 0 bridgehead atoms. The van der Waals surface area contributed by atoms with Crippen molar-refractivity contribution in [1.29, 1.82) is 0 Å². The van der Waals surface area contributed by atoms with Gasteiger partial charge in [-0.1, -0.05) is 0 Å². The summed E-state index contributed by atoms with van der Waals surface area (Å²) in [6.45, 7) is 2.97. The van der Waals surface area contributed by atoms with E-state index in [1.54, 1.807) is 37.3 Å². The van der Waals surface area contributed by atoms with Crippen molar-refractivity contribution in [3.63, 3.8) is 0 Å². The van der Waals surface area contributed by atoms with Crippen LogP contribution < -0.4 is 10.1 Å². The number of rotatable bonds is 6. The smallest absolute Gasteiger partial charge is 0.253 e. The van der Waals surface area contributed by atoms with E-state index in [4.69, 9.17) is 4.74 Å². The van der Waals surface area contributed by atoms with Crippen LogP contribution in [0.25, 0.3) is 5.78 Å². The van der Waals surface area contributed by atoms with Gasteiger partial charge in [-0.25, -0.2) is 9.97 Å². The number of amides is 1. The van der Waals surface area contributed by atoms with E-state index in [-0.39, 0.29) is 5.91 Å². The number of hydrogen-bond acceptors (Lipinski definition) is 5. The second-order valence-corrected chi connectivity index (χ2v) is 5.76. The lowest BCUT2D eigenvalue weighted by molar-refractivity contribution is 0.0827. The predicted octanol–water partition coefficient (Wildman–Crippen LogP) is 2.44. The maximum absolute atomic E-state index is 12.1. The first kappa shape index (κ1) is 16.8. The van der Waals surface area contributed by atoms with Crippen LogP contribution >= 0.6 is 0 Å². The van der Waals surface area contributed by atoms with E-state index in [0.29, 0.717) is 30.2 Å². The number of nitrogens with one attached hydrogen (secondary N) is 1. The van der Waals surface area contributed by atoms with E-state index in [2.05, 4.69) is 15.3 Å². The van der Waals surface area contributed by atoms with Crippen LogP contribution in [0.4, 0.5) is 5.69 Å². The highest BCUT2D eigenvalue weighted by atomic mass is 16.5. The molecular weight excluding hydrogens is 318 g/mol. The Balaban J connectivity index is 1.79.